The molecule has 0 heterocycles. The Morgan fingerprint density at radius 3 is 1.20 bits per heavy atom. The monoisotopic (exact) mass is 619 g/mol. The molecule has 3 rings (SSSR count). The van der Waals surface area contributed by atoms with Gasteiger partial charge < -0.3 is 5.73 Å². The molecule has 0 atom stereocenters. The van der Waals surface area contributed by atoms with Crippen LogP contribution >= 0.6 is 0 Å². The van der Waals surface area contributed by atoms with Gasteiger partial charge in [-0.05, 0) is 12.1 Å². The number of rotatable bonds is 6. The van der Waals surface area contributed by atoms with Crippen molar-refractivity contribution >= 4 is 43.6 Å². The molecule has 0 unspecified atom stereocenters. The highest BCUT2D eigenvalue weighted by Gasteiger charge is 2.30. The highest BCUT2D eigenvalue weighted by molar-refractivity contribution is 6.90. The van der Waals surface area contributed by atoms with E-state index < -0.39 is 72.3 Å². The lowest BCUT2D eigenvalue weighted by Crippen LogP contribution is -2.44. The smallest absolute Gasteiger partial charge is 0.275 e. The van der Waals surface area contributed by atoms with E-state index in [1.54, 1.807) is 0 Å². The molecule has 0 radical (unpaired) electrons. The summed E-state index contributed by atoms with van der Waals surface area (Å²) in [6, 6.07) is 7.36. The molecular formula is C26H31F6N3O4Si2. The molecule has 3 aromatic rings. The first-order chi connectivity index (χ1) is 18.8. The highest BCUT2D eigenvalue weighted by Crippen LogP contribution is 2.20. The number of nitrogens with two attached hydrogens (primary N) is 1. The van der Waals surface area contributed by atoms with E-state index in [1.165, 1.54) is 12.1 Å². The summed E-state index contributed by atoms with van der Waals surface area (Å²) in [5.74, 6) is -4.49. The molecule has 224 valence electrons. The lowest BCUT2D eigenvalue weighted by Gasteiger charge is -2.22. The largest absolute Gasteiger partial charge is 0.399 e. The minimum absolute atomic E-state index is 0.0422. The van der Waals surface area contributed by atoms with Gasteiger partial charge in [-0.25, -0.2) is 26.3 Å². The summed E-state index contributed by atoms with van der Waals surface area (Å²) in [5.41, 5.74) is 4.37. The lowest BCUT2D eigenvalue weighted by atomic mass is 10.3. The molecule has 3 aromatic carbocycles. The second kappa shape index (κ2) is 14.3. The third-order valence-corrected chi connectivity index (χ3v) is 13.7. The minimum atomic E-state index is -2.17. The van der Waals surface area contributed by atoms with Crippen molar-refractivity contribution in [2.24, 2.45) is 0 Å². The second-order valence-corrected chi connectivity index (χ2v) is 20.2. The quantitative estimate of drug-likeness (QED) is 0.103. The van der Waals surface area contributed by atoms with Crippen LogP contribution in [0.2, 0.25) is 38.3 Å². The Labute approximate surface area is 235 Å². The van der Waals surface area contributed by atoms with Crippen LogP contribution in [0, 0.1) is 55.1 Å². The van der Waals surface area contributed by atoms with Crippen LogP contribution in [0.15, 0.2) is 42.5 Å². The average Bonchev–Trinajstić information content (AvgIpc) is 2.82. The molecule has 0 amide bonds. The van der Waals surface area contributed by atoms with Crippen LogP contribution in [-0.4, -0.2) is 26.0 Å². The van der Waals surface area contributed by atoms with Gasteiger partial charge in [0.05, 0.1) is 50.3 Å². The van der Waals surface area contributed by atoms with E-state index in [9.17, 15) is 46.6 Å². The fourth-order valence-corrected chi connectivity index (χ4v) is 7.13. The van der Waals surface area contributed by atoms with Gasteiger partial charge in [-0.1, -0.05) is 52.1 Å². The zero-order valence-corrected chi connectivity index (χ0v) is 25.3. The molecule has 7 nitrogen and oxygen atoms in total. The third kappa shape index (κ3) is 9.70. The van der Waals surface area contributed by atoms with Crippen LogP contribution in [0.1, 0.15) is 13.8 Å². The van der Waals surface area contributed by atoms with Gasteiger partial charge in [0.25, 0.3) is 11.4 Å². The maximum absolute atomic E-state index is 13.6. The summed E-state index contributed by atoms with van der Waals surface area (Å²) >= 11 is 0. The molecule has 41 heavy (non-hydrogen) atoms. The van der Waals surface area contributed by atoms with Gasteiger partial charge in [-0.3, -0.25) is 20.2 Å². The van der Waals surface area contributed by atoms with Crippen molar-refractivity contribution < 1.29 is 36.2 Å². The Morgan fingerprint density at radius 2 is 0.902 bits per heavy atom. The molecule has 0 aromatic heterocycles. The number of nitrogens with zero attached hydrogens (tertiary/aromatic N) is 2. The standard InChI is InChI=1S/C10H13F2NO2Si.C10H15F2NSi.C6H3F2NO2/c1-4-16(2,3)10-8(11)5-7(13(14)15)6-9(10)12;1-4-14(2,3)10-8(11)5-7(13)6-9(10)12;7-4-1-5(8)3-6(2-4)9(10)11/h5-6H,4H2,1-3H3;5-6H,4,13H2,1-3H3;1-3H. The van der Waals surface area contributed by atoms with Crippen molar-refractivity contribution in [3.05, 3.63) is 97.6 Å². The molecule has 0 saturated heterocycles. The second-order valence-electron chi connectivity index (χ2n) is 10.3. The number of hydrogen-bond acceptors (Lipinski definition) is 5. The van der Waals surface area contributed by atoms with Crippen LogP contribution in [0.4, 0.5) is 43.4 Å². The Bertz CT molecular complexity index is 1360. The molecule has 0 aliphatic heterocycles. The summed E-state index contributed by atoms with van der Waals surface area (Å²) in [7, 11) is -4.14. The fourth-order valence-electron chi connectivity index (χ4n) is 3.55. The maximum atomic E-state index is 13.6. The van der Waals surface area contributed by atoms with E-state index in [1.807, 2.05) is 40.0 Å². The molecule has 0 aliphatic carbocycles. The number of non-ortho nitro benzene ring substituents is 2. The van der Waals surface area contributed by atoms with Gasteiger partial charge in [-0.15, -0.1) is 0 Å². The molecule has 0 fully saturated rings. The van der Waals surface area contributed by atoms with E-state index in [0.29, 0.717) is 24.2 Å². The first-order valence-corrected chi connectivity index (χ1v) is 18.7. The van der Waals surface area contributed by atoms with Crippen molar-refractivity contribution in [3.8, 4) is 0 Å². The van der Waals surface area contributed by atoms with Crippen molar-refractivity contribution in [2.45, 2.75) is 52.1 Å². The predicted octanol–water partition coefficient (Wildman–Crippen LogP) is 7.16. The first kappa shape index (κ1) is 35.3. The zero-order valence-electron chi connectivity index (χ0n) is 23.3. The van der Waals surface area contributed by atoms with Crippen LogP contribution in [0.5, 0.6) is 0 Å². The maximum Gasteiger partial charge on any atom is 0.275 e. The summed E-state index contributed by atoms with van der Waals surface area (Å²) < 4.78 is 78.8. The highest BCUT2D eigenvalue weighted by atomic mass is 28.3. The Hall–Kier alpha value is -3.73. The van der Waals surface area contributed by atoms with Crippen LogP contribution in [-0.2, 0) is 0 Å². The number of hydrogen-bond donors (Lipinski definition) is 1. The van der Waals surface area contributed by atoms with Crippen molar-refractivity contribution in [1.82, 2.24) is 0 Å². The molecule has 2 N–H and O–H groups in total. The SMILES string of the molecule is CC[Si](C)(C)c1c(F)cc(N)cc1F.CC[Si](C)(C)c1c(F)cc([N+](=O)[O-])cc1F.O=[N+]([O-])c1cc(F)cc(F)c1. The van der Waals surface area contributed by atoms with Crippen molar-refractivity contribution in [3.63, 3.8) is 0 Å². The normalized spacial score (nSPS) is 11.1. The van der Waals surface area contributed by atoms with E-state index in [4.69, 9.17) is 5.73 Å². The number of nitrogen functional groups attached to an aromatic ring is 1. The molecule has 0 bridgehead atoms. The van der Waals surface area contributed by atoms with Gasteiger partial charge >= 0.3 is 0 Å². The summed E-state index contributed by atoms with van der Waals surface area (Å²) in [5, 5.41) is 20.7. The Balaban J connectivity index is 0.000000313. The summed E-state index contributed by atoms with van der Waals surface area (Å²) in [6.07, 6.45) is 0. The zero-order chi connectivity index (χ0) is 31.9. The topological polar surface area (TPSA) is 112 Å². The van der Waals surface area contributed by atoms with Crippen molar-refractivity contribution in [1.29, 1.82) is 0 Å². The summed E-state index contributed by atoms with van der Waals surface area (Å²) in [4.78, 5) is 18.7. The molecule has 0 spiro atoms. The van der Waals surface area contributed by atoms with Gasteiger partial charge in [0.15, 0.2) is 0 Å². The van der Waals surface area contributed by atoms with E-state index in [0.717, 1.165) is 18.2 Å². The Kier molecular flexibility index (Phi) is 12.3. The average molecular weight is 620 g/mol. The minimum Gasteiger partial charge on any atom is -0.399 e. The van der Waals surface area contributed by atoms with Gasteiger partial charge in [-0.2, -0.15) is 0 Å². The van der Waals surface area contributed by atoms with E-state index in [2.05, 4.69) is 0 Å². The third-order valence-electron chi connectivity index (χ3n) is 6.48. The number of anilines is 1. The first-order valence-electron chi connectivity index (χ1n) is 12.3. The molecule has 0 saturated carbocycles. The van der Waals surface area contributed by atoms with Crippen LogP contribution in [0.3, 0.4) is 0 Å². The van der Waals surface area contributed by atoms with Crippen LogP contribution < -0.4 is 16.1 Å². The predicted molar refractivity (Wildman–Crippen MR) is 152 cm³/mol. The van der Waals surface area contributed by atoms with Gasteiger partial charge in [0.2, 0.25) is 0 Å². The molecule has 0 aliphatic rings. The fraction of sp³-hybridized carbons (Fsp3) is 0.308. The van der Waals surface area contributed by atoms with Gasteiger partial charge in [0.1, 0.15) is 34.9 Å². The molecule has 15 heteroatoms. The summed E-state index contributed by atoms with van der Waals surface area (Å²) in [6.45, 7) is 11.4. The number of benzene rings is 3. The number of halogens is 6. The van der Waals surface area contributed by atoms with E-state index >= 15 is 0 Å². The number of nitro benzene ring substituents is 2. The Morgan fingerprint density at radius 1 is 0.610 bits per heavy atom. The van der Waals surface area contributed by atoms with E-state index in [-0.39, 0.29) is 16.1 Å². The molecular weight excluding hydrogens is 588 g/mol. The van der Waals surface area contributed by atoms with Gasteiger partial charge in [0, 0.05) is 22.1 Å². The van der Waals surface area contributed by atoms with Crippen LogP contribution in [0.25, 0.3) is 0 Å². The van der Waals surface area contributed by atoms with Crippen molar-refractivity contribution in [2.75, 3.05) is 5.73 Å². The lowest BCUT2D eigenvalue weighted by molar-refractivity contribution is -0.385. The number of nitro groups is 2.